The van der Waals surface area contributed by atoms with Crippen molar-refractivity contribution in [2.45, 2.75) is 146 Å². The number of likely N-dealkylation sites (N-methyl/N-ethyl adjacent to an activating group) is 1. The zero-order chi connectivity index (χ0) is 42.0. The lowest BCUT2D eigenvalue weighted by Crippen LogP contribution is -2.56. The predicted octanol–water partition coefficient (Wildman–Crippen LogP) is 3.82. The lowest BCUT2D eigenvalue weighted by molar-refractivity contribution is -0.307. The van der Waals surface area contributed by atoms with Crippen LogP contribution in [-0.4, -0.2) is 131 Å². The fraction of sp³-hybridized carbons (Fsp3) is 0.628. The van der Waals surface area contributed by atoms with Crippen molar-refractivity contribution in [1.29, 1.82) is 0 Å². The summed E-state index contributed by atoms with van der Waals surface area (Å²) in [6, 6.07) is 5.32. The minimum Gasteiger partial charge on any atom is -0.507 e. The summed E-state index contributed by atoms with van der Waals surface area (Å²) in [5, 5.41) is 46.0. The van der Waals surface area contributed by atoms with Crippen LogP contribution in [0, 0.1) is 5.92 Å². The van der Waals surface area contributed by atoms with E-state index in [2.05, 4.69) is 0 Å². The largest absolute Gasteiger partial charge is 0.507 e. The minimum atomic E-state index is -1.70. The van der Waals surface area contributed by atoms with Gasteiger partial charge in [-0.05, 0) is 70.8 Å². The highest BCUT2D eigenvalue weighted by molar-refractivity contribution is 6.30. The van der Waals surface area contributed by atoms with Crippen molar-refractivity contribution in [1.82, 2.24) is 4.90 Å². The molecular weight excluding hydrogens is 754 g/mol. The van der Waals surface area contributed by atoms with Gasteiger partial charge in [0.05, 0.1) is 54.4 Å². The third kappa shape index (κ3) is 7.49. The molecule has 0 amide bonds. The van der Waals surface area contributed by atoms with Gasteiger partial charge < -0.3 is 53.7 Å². The first-order chi connectivity index (χ1) is 27.5. The van der Waals surface area contributed by atoms with E-state index < -0.39 is 89.8 Å². The summed E-state index contributed by atoms with van der Waals surface area (Å²) in [6.07, 6.45) is -4.04. The molecule has 1 saturated carbocycles. The maximum atomic E-state index is 13.9. The number of carbonyl (C=O) groups is 4. The van der Waals surface area contributed by atoms with E-state index in [0.29, 0.717) is 25.7 Å². The Morgan fingerprint density at radius 3 is 2.31 bits per heavy atom. The van der Waals surface area contributed by atoms with Crippen LogP contribution in [0.15, 0.2) is 24.3 Å². The highest BCUT2D eigenvalue weighted by Gasteiger charge is 2.53. The molecule has 3 aliphatic carbocycles. The van der Waals surface area contributed by atoms with Gasteiger partial charge in [-0.1, -0.05) is 26.0 Å². The number of ketones is 3. The summed E-state index contributed by atoms with van der Waals surface area (Å²) in [6.45, 7) is 7.25. The Balaban J connectivity index is 1.13. The molecule has 58 heavy (non-hydrogen) atoms. The number of rotatable bonds is 9. The van der Waals surface area contributed by atoms with Gasteiger partial charge >= 0.3 is 5.97 Å². The number of benzene rings is 2. The van der Waals surface area contributed by atoms with E-state index in [4.69, 9.17) is 28.4 Å². The maximum Gasteiger partial charge on any atom is 0.316 e. The predicted molar refractivity (Wildman–Crippen MR) is 204 cm³/mol. The smallest absolute Gasteiger partial charge is 0.316 e. The van der Waals surface area contributed by atoms with E-state index in [1.165, 1.54) is 31.4 Å². The average Bonchev–Trinajstić information content (AvgIpc) is 3.17. The number of Topliss-reactive ketones (excluding diaryl/α,β-unsaturated/α-hetero) is 1. The highest BCUT2D eigenvalue weighted by atomic mass is 16.7. The van der Waals surface area contributed by atoms with Crippen LogP contribution >= 0.6 is 0 Å². The molecule has 2 heterocycles. The molecule has 15 heteroatoms. The number of carbonyl (C=O) groups excluding carboxylic acids is 4. The maximum absolute atomic E-state index is 13.9. The Hall–Kier alpha value is -3.80. The Kier molecular flexibility index (Phi) is 11.9. The van der Waals surface area contributed by atoms with Crippen LogP contribution in [0.5, 0.6) is 11.5 Å². The molecule has 0 unspecified atom stereocenters. The van der Waals surface area contributed by atoms with E-state index >= 15 is 0 Å². The lowest BCUT2D eigenvalue weighted by Gasteiger charge is -2.48. The van der Waals surface area contributed by atoms with Gasteiger partial charge in [0.15, 0.2) is 24.1 Å². The number of esters is 1. The zero-order valence-corrected chi connectivity index (χ0v) is 34.0. The van der Waals surface area contributed by atoms with E-state index in [9.17, 15) is 39.6 Å². The molecule has 2 aliphatic heterocycles. The quantitative estimate of drug-likeness (QED) is 0.227. The molecule has 0 spiro atoms. The molecule has 316 valence electrons. The van der Waals surface area contributed by atoms with Crippen molar-refractivity contribution in [2.24, 2.45) is 5.92 Å². The monoisotopic (exact) mass is 809 g/mol. The lowest BCUT2D eigenvalue weighted by atomic mass is 9.67. The van der Waals surface area contributed by atoms with Crippen LogP contribution in [0.3, 0.4) is 0 Å². The van der Waals surface area contributed by atoms with E-state index in [1.54, 1.807) is 20.8 Å². The number of aliphatic hydroxyl groups is 2. The van der Waals surface area contributed by atoms with Gasteiger partial charge in [0.25, 0.3) is 0 Å². The summed E-state index contributed by atoms with van der Waals surface area (Å²) >= 11 is 0. The average molecular weight is 810 g/mol. The molecule has 0 bridgehead atoms. The molecular formula is C43H55NO14. The second-order valence-corrected chi connectivity index (χ2v) is 16.8. The molecule has 2 aromatic carbocycles. The Bertz CT molecular complexity index is 1940. The number of aromatic hydroxyl groups is 2. The molecule has 7 rings (SSSR count). The van der Waals surface area contributed by atoms with Gasteiger partial charge in [-0.25, -0.2) is 0 Å². The molecule has 0 aromatic heterocycles. The van der Waals surface area contributed by atoms with Gasteiger partial charge in [0.2, 0.25) is 5.78 Å². The second kappa shape index (κ2) is 16.3. The van der Waals surface area contributed by atoms with Gasteiger partial charge in [0, 0.05) is 48.4 Å². The van der Waals surface area contributed by atoms with Crippen LogP contribution in [0.2, 0.25) is 0 Å². The highest BCUT2D eigenvalue weighted by Crippen LogP contribution is 2.54. The van der Waals surface area contributed by atoms with Gasteiger partial charge in [0.1, 0.15) is 29.6 Å². The fourth-order valence-corrected chi connectivity index (χ4v) is 9.78. The number of ether oxygens (including phenoxy) is 6. The molecule has 5 aliphatic rings. The molecule has 15 nitrogen and oxygen atoms in total. The van der Waals surface area contributed by atoms with Crippen LogP contribution in [-0.2, 0) is 38.0 Å². The van der Waals surface area contributed by atoms with E-state index in [-0.39, 0.29) is 76.5 Å². The topological polar surface area (TPSA) is 208 Å². The third-order valence-electron chi connectivity index (χ3n) is 12.9. The molecule has 2 saturated heterocycles. The second-order valence-electron chi connectivity index (χ2n) is 16.8. The van der Waals surface area contributed by atoms with Crippen molar-refractivity contribution in [3.8, 4) is 11.5 Å². The van der Waals surface area contributed by atoms with Crippen LogP contribution < -0.4 is 0 Å². The number of hydrogen-bond donors (Lipinski definition) is 4. The molecule has 13 atom stereocenters. The third-order valence-corrected chi connectivity index (χ3v) is 12.9. The van der Waals surface area contributed by atoms with Crippen molar-refractivity contribution in [2.75, 3.05) is 21.2 Å². The summed E-state index contributed by atoms with van der Waals surface area (Å²) in [5.41, 5.74) is -2.19. The Morgan fingerprint density at radius 2 is 1.66 bits per heavy atom. The normalized spacial score (nSPS) is 36.3. The van der Waals surface area contributed by atoms with Crippen LogP contribution in [0.4, 0.5) is 0 Å². The van der Waals surface area contributed by atoms with Gasteiger partial charge in [-0.3, -0.25) is 19.2 Å². The van der Waals surface area contributed by atoms with Crippen LogP contribution in [0.1, 0.15) is 128 Å². The summed E-state index contributed by atoms with van der Waals surface area (Å²) < 4.78 is 36.7. The number of nitrogens with zero attached hydrogens (tertiary/aromatic N) is 1. The molecule has 4 N–H and O–H groups in total. The Labute approximate surface area is 337 Å². The van der Waals surface area contributed by atoms with Gasteiger partial charge in [-0.2, -0.15) is 0 Å². The first-order valence-electron chi connectivity index (χ1n) is 20.2. The van der Waals surface area contributed by atoms with Crippen molar-refractivity contribution < 1.29 is 68.0 Å². The van der Waals surface area contributed by atoms with Crippen molar-refractivity contribution in [3.63, 3.8) is 0 Å². The molecule has 3 fully saturated rings. The summed E-state index contributed by atoms with van der Waals surface area (Å²) in [4.78, 5) is 55.2. The summed E-state index contributed by atoms with van der Waals surface area (Å²) in [7, 11) is 5.05. The first-order valence-corrected chi connectivity index (χ1v) is 20.2. The molecule has 2 aromatic rings. The standard InChI is InChI=1S/C43H55NO14/c1-8-43(52)18-30(34-24(36(43)42(51)53-7)16-25-35(39(34)50)38(49)33-23(37(25)48)10-9-11-28(33)46)56-22-14-19(2)40(26(15-22)44(5)6)58-32-17-29(47)41(21(4)55-32)57-31-13-12-27(45)20(3)54-31/h9-11,16,19-22,26,29-32,36,40-41,46-47,50,52H,8,12-15,17-18H2,1-7H3/t19-,20+,21+,22-,26+,29+,30+,31+,32+,36+,40-,41+,43-/m1/s1. The number of fused-ring (bicyclic) bond motifs is 3. The summed E-state index contributed by atoms with van der Waals surface area (Å²) in [5.74, 6) is -4.49. The minimum absolute atomic E-state index is 0.0176. The van der Waals surface area contributed by atoms with Crippen molar-refractivity contribution >= 4 is 23.3 Å². The van der Waals surface area contributed by atoms with Crippen LogP contribution in [0.25, 0.3) is 0 Å². The molecule has 0 radical (unpaired) electrons. The SMILES string of the molecule is CC[C@@]1(O)C[C@H](O[C@@H]2C[C@@H](C)[C@@H](O[C@H]3C[C@H](O)[C@@H](O[C@H]4CCC(=O)[C@H](C)O4)[C@H](C)O3)[C@@H](N(C)C)C2)c2c(cc3c(c2O)C(=O)c2c(O)cccc2C3=O)[C@H]1C(=O)OC. The zero-order valence-electron chi connectivity index (χ0n) is 34.0. The number of methoxy groups -OCH3 is 1. The number of phenols is 2. The fourth-order valence-electron chi connectivity index (χ4n) is 9.78. The van der Waals surface area contributed by atoms with Gasteiger partial charge in [-0.15, -0.1) is 0 Å². The number of hydrogen-bond acceptors (Lipinski definition) is 15. The number of aliphatic hydroxyl groups excluding tert-OH is 1. The van der Waals surface area contributed by atoms with Crippen molar-refractivity contribution in [3.05, 3.63) is 57.6 Å². The first kappa shape index (κ1) is 42.3. The van der Waals surface area contributed by atoms with E-state index in [1.807, 2.05) is 25.9 Å². The van der Waals surface area contributed by atoms with E-state index in [0.717, 1.165) is 0 Å². The number of phenolic OH excluding ortho intramolecular Hbond substituents is 2. The Morgan fingerprint density at radius 1 is 0.931 bits per heavy atom.